The van der Waals surface area contributed by atoms with Crippen molar-refractivity contribution in [3.63, 3.8) is 0 Å². The third kappa shape index (κ3) is 2.12. The van der Waals surface area contributed by atoms with Crippen LogP contribution in [0.2, 0.25) is 0 Å². The van der Waals surface area contributed by atoms with E-state index in [4.69, 9.17) is 4.74 Å². The Hall–Kier alpha value is -1.58. The van der Waals surface area contributed by atoms with Gasteiger partial charge in [-0.2, -0.15) is 5.10 Å². The lowest BCUT2D eigenvalue weighted by Gasteiger charge is -2.07. The zero-order chi connectivity index (χ0) is 12.4. The summed E-state index contributed by atoms with van der Waals surface area (Å²) in [4.78, 5) is 4.64. The number of hydrogen-bond acceptors (Lipinski definition) is 3. The van der Waals surface area contributed by atoms with Gasteiger partial charge in [-0.15, -0.1) is 0 Å². The topological polar surface area (TPSA) is 39.4 Å². The number of hydrogen-bond donors (Lipinski definition) is 0. The lowest BCUT2D eigenvalue weighted by atomic mass is 10.2. The van der Waals surface area contributed by atoms with E-state index in [1.807, 2.05) is 33.2 Å². The summed E-state index contributed by atoms with van der Waals surface area (Å²) in [6.45, 7) is 6.03. The Morgan fingerprint density at radius 3 is 2.65 bits per heavy atom. The van der Waals surface area contributed by atoms with Crippen LogP contribution < -0.4 is 4.74 Å². The molecule has 17 heavy (non-hydrogen) atoms. The minimum atomic E-state index is 0.597. The maximum atomic E-state index is 5.34. The summed E-state index contributed by atoms with van der Waals surface area (Å²) in [5.74, 6) is 1.45. The van der Waals surface area contributed by atoms with Crippen LogP contribution in [0.15, 0.2) is 12.4 Å². The summed E-state index contributed by atoms with van der Waals surface area (Å²) >= 11 is 0. The standard InChI is InChI=1S/C11H13N3O.C2H6/c1-7-5-12-14-6-9(15-2)10(8-3-4-8)13-11(7)14;1-2/h5-6,8H,3-4H2,1-2H3;1-2H3. The molecule has 0 bridgehead atoms. The van der Waals surface area contributed by atoms with Crippen molar-refractivity contribution in [3.8, 4) is 5.75 Å². The first-order chi connectivity index (χ1) is 8.29. The van der Waals surface area contributed by atoms with Gasteiger partial charge in [-0.3, -0.25) is 0 Å². The van der Waals surface area contributed by atoms with E-state index >= 15 is 0 Å². The lowest BCUT2D eigenvalue weighted by Crippen LogP contribution is -1.99. The summed E-state index contributed by atoms with van der Waals surface area (Å²) in [5.41, 5.74) is 3.14. The highest BCUT2D eigenvalue weighted by Crippen LogP contribution is 2.43. The number of methoxy groups -OCH3 is 1. The molecule has 0 radical (unpaired) electrons. The predicted octanol–water partition coefficient (Wildman–Crippen LogP) is 2.95. The lowest BCUT2D eigenvalue weighted by molar-refractivity contribution is 0.403. The summed E-state index contributed by atoms with van der Waals surface area (Å²) in [6.07, 6.45) is 6.21. The van der Waals surface area contributed by atoms with E-state index in [0.29, 0.717) is 5.92 Å². The van der Waals surface area contributed by atoms with E-state index in [1.54, 1.807) is 11.6 Å². The van der Waals surface area contributed by atoms with Crippen LogP contribution in [0.3, 0.4) is 0 Å². The zero-order valence-electron chi connectivity index (χ0n) is 10.9. The summed E-state index contributed by atoms with van der Waals surface area (Å²) < 4.78 is 7.12. The zero-order valence-corrected chi connectivity index (χ0v) is 10.9. The molecule has 0 aliphatic heterocycles. The smallest absolute Gasteiger partial charge is 0.159 e. The molecule has 0 N–H and O–H groups in total. The molecule has 0 atom stereocenters. The van der Waals surface area contributed by atoms with E-state index in [2.05, 4.69) is 10.1 Å². The summed E-state index contributed by atoms with van der Waals surface area (Å²) in [7, 11) is 1.69. The largest absolute Gasteiger partial charge is 0.493 e. The molecule has 0 amide bonds. The SMILES string of the molecule is CC.COc1cn2ncc(C)c2nc1C1CC1. The van der Waals surface area contributed by atoms with E-state index < -0.39 is 0 Å². The van der Waals surface area contributed by atoms with Gasteiger partial charge in [-0.1, -0.05) is 13.8 Å². The molecule has 0 saturated heterocycles. The molecule has 1 saturated carbocycles. The van der Waals surface area contributed by atoms with Gasteiger partial charge in [0.1, 0.15) is 0 Å². The van der Waals surface area contributed by atoms with Crippen molar-refractivity contribution in [2.75, 3.05) is 7.11 Å². The Labute approximate surface area is 102 Å². The van der Waals surface area contributed by atoms with Crippen molar-refractivity contribution >= 4 is 5.65 Å². The van der Waals surface area contributed by atoms with E-state index in [-0.39, 0.29) is 0 Å². The predicted molar refractivity (Wildman–Crippen MR) is 67.6 cm³/mol. The van der Waals surface area contributed by atoms with Crippen LogP contribution in [0.25, 0.3) is 5.65 Å². The van der Waals surface area contributed by atoms with Gasteiger partial charge in [-0.05, 0) is 19.8 Å². The fourth-order valence-corrected chi connectivity index (χ4v) is 1.83. The molecule has 3 rings (SSSR count). The number of fused-ring (bicyclic) bond motifs is 1. The number of aryl methyl sites for hydroxylation is 1. The molecule has 0 aromatic carbocycles. The molecule has 92 valence electrons. The molecule has 0 spiro atoms. The first-order valence-corrected chi connectivity index (χ1v) is 6.18. The van der Waals surface area contributed by atoms with Gasteiger partial charge in [0.2, 0.25) is 0 Å². The van der Waals surface area contributed by atoms with Gasteiger partial charge in [0.15, 0.2) is 11.4 Å². The van der Waals surface area contributed by atoms with Crippen LogP contribution in [0.5, 0.6) is 5.75 Å². The Balaban J connectivity index is 0.000000514. The molecule has 2 aromatic heterocycles. The highest BCUT2D eigenvalue weighted by molar-refractivity contribution is 5.49. The average molecular weight is 233 g/mol. The number of rotatable bonds is 2. The average Bonchev–Trinajstić information content (AvgIpc) is 3.16. The normalized spacial score (nSPS) is 14.4. The van der Waals surface area contributed by atoms with Crippen LogP contribution in [-0.2, 0) is 0 Å². The van der Waals surface area contributed by atoms with E-state index in [9.17, 15) is 0 Å². The van der Waals surface area contributed by atoms with Gasteiger partial charge in [-0.25, -0.2) is 9.50 Å². The quantitative estimate of drug-likeness (QED) is 0.800. The highest BCUT2D eigenvalue weighted by Gasteiger charge is 2.29. The molecule has 4 heteroatoms. The molecular formula is C13H19N3O. The number of nitrogens with zero attached hydrogens (tertiary/aromatic N) is 3. The molecule has 0 unspecified atom stereocenters. The van der Waals surface area contributed by atoms with Crippen LogP contribution in [-0.4, -0.2) is 21.7 Å². The third-order valence-corrected chi connectivity index (χ3v) is 2.85. The van der Waals surface area contributed by atoms with Crippen LogP contribution in [0.4, 0.5) is 0 Å². The number of ether oxygens (including phenoxy) is 1. The van der Waals surface area contributed by atoms with Crippen molar-refractivity contribution in [3.05, 3.63) is 23.7 Å². The van der Waals surface area contributed by atoms with Gasteiger partial charge in [0.25, 0.3) is 0 Å². The molecule has 2 aromatic rings. The Morgan fingerprint density at radius 1 is 1.35 bits per heavy atom. The fourth-order valence-electron chi connectivity index (χ4n) is 1.83. The Bertz CT molecular complexity index is 515. The van der Waals surface area contributed by atoms with E-state index in [1.165, 1.54) is 12.8 Å². The number of aromatic nitrogens is 3. The van der Waals surface area contributed by atoms with Crippen molar-refractivity contribution in [2.24, 2.45) is 0 Å². The van der Waals surface area contributed by atoms with Gasteiger partial charge < -0.3 is 4.74 Å². The van der Waals surface area contributed by atoms with Gasteiger partial charge >= 0.3 is 0 Å². The minimum Gasteiger partial charge on any atom is -0.493 e. The van der Waals surface area contributed by atoms with E-state index in [0.717, 1.165) is 22.7 Å². The first-order valence-electron chi connectivity index (χ1n) is 6.18. The van der Waals surface area contributed by atoms with Gasteiger partial charge in [0.05, 0.1) is 25.2 Å². The minimum absolute atomic E-state index is 0.597. The van der Waals surface area contributed by atoms with Crippen molar-refractivity contribution in [1.82, 2.24) is 14.6 Å². The molecule has 1 fully saturated rings. The maximum Gasteiger partial charge on any atom is 0.159 e. The maximum absolute atomic E-state index is 5.34. The first kappa shape index (κ1) is 11.9. The molecule has 4 nitrogen and oxygen atoms in total. The van der Waals surface area contributed by atoms with Crippen LogP contribution in [0.1, 0.15) is 43.9 Å². The molecule has 1 aliphatic carbocycles. The van der Waals surface area contributed by atoms with Gasteiger partial charge in [0, 0.05) is 11.5 Å². The van der Waals surface area contributed by atoms with Crippen LogP contribution in [0, 0.1) is 6.92 Å². The second-order valence-electron chi connectivity index (χ2n) is 4.06. The van der Waals surface area contributed by atoms with Crippen molar-refractivity contribution in [1.29, 1.82) is 0 Å². The fraction of sp³-hybridized carbons (Fsp3) is 0.538. The third-order valence-electron chi connectivity index (χ3n) is 2.85. The highest BCUT2D eigenvalue weighted by atomic mass is 16.5. The van der Waals surface area contributed by atoms with Crippen molar-refractivity contribution in [2.45, 2.75) is 39.5 Å². The molecule has 1 aliphatic rings. The monoisotopic (exact) mass is 233 g/mol. The molecular weight excluding hydrogens is 214 g/mol. The van der Waals surface area contributed by atoms with Crippen LogP contribution >= 0.6 is 0 Å². The second-order valence-corrected chi connectivity index (χ2v) is 4.06. The summed E-state index contributed by atoms with van der Waals surface area (Å²) in [5, 5.41) is 4.22. The Morgan fingerprint density at radius 2 is 2.06 bits per heavy atom. The van der Waals surface area contributed by atoms with Crippen molar-refractivity contribution < 1.29 is 4.74 Å². The second kappa shape index (κ2) is 4.73. The Kier molecular flexibility index (Phi) is 3.31. The molecule has 2 heterocycles. The summed E-state index contributed by atoms with van der Waals surface area (Å²) in [6, 6.07) is 0.